The van der Waals surface area contributed by atoms with Crippen LogP contribution in [0, 0.1) is 0 Å². The van der Waals surface area contributed by atoms with Crippen LogP contribution in [-0.2, 0) is 17.7 Å². The number of fused-ring (bicyclic) bond motifs is 2. The fourth-order valence-corrected chi connectivity index (χ4v) is 5.27. The van der Waals surface area contributed by atoms with Gasteiger partial charge in [0.1, 0.15) is 17.2 Å². The number of hydrogen-bond acceptors (Lipinski definition) is 8. The number of anilines is 2. The molecular formula is C23H27N5O4S. The second kappa shape index (κ2) is 8.44. The number of hydrogen-bond donors (Lipinski definition) is 2. The van der Waals surface area contributed by atoms with E-state index in [1.807, 2.05) is 32.2 Å². The summed E-state index contributed by atoms with van der Waals surface area (Å²) in [4.78, 5) is 20.2. The van der Waals surface area contributed by atoms with Crippen molar-refractivity contribution in [1.29, 1.82) is 0 Å². The Morgan fingerprint density at radius 1 is 1.36 bits per heavy atom. The van der Waals surface area contributed by atoms with Crippen LogP contribution in [0.15, 0.2) is 30.6 Å². The highest BCUT2D eigenvalue weighted by molar-refractivity contribution is 7.17. The van der Waals surface area contributed by atoms with Gasteiger partial charge in [-0.2, -0.15) is 5.10 Å². The van der Waals surface area contributed by atoms with E-state index in [2.05, 4.69) is 21.4 Å². The number of thiazole rings is 1. The first-order valence-corrected chi connectivity index (χ1v) is 11.7. The number of methoxy groups -OCH3 is 1. The number of ether oxygens (including phenoxy) is 2. The van der Waals surface area contributed by atoms with Gasteiger partial charge in [-0.25, -0.2) is 4.98 Å². The number of rotatable bonds is 6. The zero-order valence-electron chi connectivity index (χ0n) is 18.9. The topological polar surface area (TPSA) is 102 Å². The fourth-order valence-electron chi connectivity index (χ4n) is 4.25. The van der Waals surface area contributed by atoms with Gasteiger partial charge in [0, 0.05) is 30.8 Å². The maximum atomic E-state index is 12.6. The van der Waals surface area contributed by atoms with E-state index in [9.17, 15) is 9.90 Å². The van der Waals surface area contributed by atoms with Gasteiger partial charge in [0.2, 0.25) is 0 Å². The molecule has 1 atom stereocenters. The predicted molar refractivity (Wildman–Crippen MR) is 125 cm³/mol. The van der Waals surface area contributed by atoms with E-state index in [0.29, 0.717) is 31.0 Å². The summed E-state index contributed by atoms with van der Waals surface area (Å²) < 4.78 is 12.6. The van der Waals surface area contributed by atoms with Crippen molar-refractivity contribution < 1.29 is 19.4 Å². The minimum atomic E-state index is -0.617. The quantitative estimate of drug-likeness (QED) is 0.572. The van der Waals surface area contributed by atoms with E-state index < -0.39 is 6.10 Å². The molecule has 174 valence electrons. The largest absolute Gasteiger partial charge is 0.490 e. The Labute approximate surface area is 196 Å². The Balaban J connectivity index is 1.45. The lowest BCUT2D eigenvalue weighted by molar-refractivity contribution is 0.0514. The fraction of sp³-hybridized carbons (Fsp3) is 0.435. The number of aliphatic hydroxyl groups excluding tert-OH is 1. The van der Waals surface area contributed by atoms with Crippen molar-refractivity contribution in [2.45, 2.75) is 38.5 Å². The third-order valence-electron chi connectivity index (χ3n) is 5.73. The average molecular weight is 470 g/mol. The highest BCUT2D eigenvalue weighted by Gasteiger charge is 2.34. The summed E-state index contributed by atoms with van der Waals surface area (Å²) in [6.45, 7) is 5.83. The summed E-state index contributed by atoms with van der Waals surface area (Å²) in [5.41, 5.74) is 3.38. The molecule has 0 aliphatic carbocycles. The molecule has 0 bridgehead atoms. The molecule has 0 saturated carbocycles. The van der Waals surface area contributed by atoms with Crippen LogP contribution in [0.1, 0.15) is 29.2 Å². The monoisotopic (exact) mass is 469 g/mol. The molecule has 9 nitrogen and oxygen atoms in total. The lowest BCUT2D eigenvalue weighted by atomic mass is 9.94. The number of nitrogens with one attached hydrogen (secondary N) is 1. The summed E-state index contributed by atoms with van der Waals surface area (Å²) in [7, 11) is 1.56. The number of aliphatic hydroxyl groups is 1. The highest BCUT2D eigenvalue weighted by Crippen LogP contribution is 2.42. The molecule has 2 aromatic heterocycles. The summed E-state index contributed by atoms with van der Waals surface area (Å²) in [5, 5.41) is 18.2. The van der Waals surface area contributed by atoms with Crippen molar-refractivity contribution in [3.8, 4) is 16.9 Å². The van der Waals surface area contributed by atoms with Crippen molar-refractivity contribution in [2.24, 2.45) is 0 Å². The molecule has 2 aliphatic rings. The Bertz CT molecular complexity index is 1190. The molecule has 3 aromatic rings. The number of carbonyl (C=O) groups excluding carboxylic acids is 1. The molecule has 0 saturated heterocycles. The number of carbonyl (C=O) groups is 1. The van der Waals surface area contributed by atoms with Crippen LogP contribution in [0.5, 0.6) is 5.75 Å². The summed E-state index contributed by atoms with van der Waals surface area (Å²) in [6.07, 6.45) is 3.77. The average Bonchev–Trinajstić information content (AvgIpc) is 3.39. The molecule has 10 heteroatoms. The van der Waals surface area contributed by atoms with E-state index in [-0.39, 0.29) is 18.1 Å². The van der Waals surface area contributed by atoms with Crippen LogP contribution in [0.2, 0.25) is 0 Å². The Morgan fingerprint density at radius 2 is 2.21 bits per heavy atom. The third-order valence-corrected chi connectivity index (χ3v) is 6.85. The second-order valence-corrected chi connectivity index (χ2v) is 10.0. The molecule has 4 heterocycles. The van der Waals surface area contributed by atoms with Crippen molar-refractivity contribution in [3.05, 3.63) is 41.2 Å². The van der Waals surface area contributed by atoms with Crippen LogP contribution < -0.4 is 15.0 Å². The van der Waals surface area contributed by atoms with E-state index in [4.69, 9.17) is 14.5 Å². The van der Waals surface area contributed by atoms with Gasteiger partial charge in [-0.05, 0) is 31.5 Å². The van der Waals surface area contributed by atoms with Gasteiger partial charge in [0.15, 0.2) is 5.13 Å². The van der Waals surface area contributed by atoms with Gasteiger partial charge < -0.3 is 24.8 Å². The van der Waals surface area contributed by atoms with Crippen LogP contribution in [0.4, 0.5) is 10.8 Å². The normalized spacial score (nSPS) is 17.7. The van der Waals surface area contributed by atoms with Gasteiger partial charge in [-0.1, -0.05) is 17.4 Å². The minimum Gasteiger partial charge on any atom is -0.490 e. The maximum Gasteiger partial charge on any atom is 0.263 e. The molecule has 0 unspecified atom stereocenters. The van der Waals surface area contributed by atoms with E-state index in [0.717, 1.165) is 33.4 Å². The van der Waals surface area contributed by atoms with Crippen LogP contribution >= 0.6 is 11.3 Å². The number of benzene rings is 1. The van der Waals surface area contributed by atoms with Gasteiger partial charge in [-0.3, -0.25) is 9.48 Å². The number of nitrogens with zero attached hydrogens (tertiary/aromatic N) is 4. The van der Waals surface area contributed by atoms with Gasteiger partial charge in [0.25, 0.3) is 5.91 Å². The molecule has 1 aromatic carbocycles. The first-order valence-electron chi connectivity index (χ1n) is 10.9. The SMILES string of the molecule is COC[C@H](O)Cn1cc(-c2ccc3c(c2)N(c2nc4c(s2)C(=O)NC(C)(C)C4)CCO3)cn1. The molecular weight excluding hydrogens is 442 g/mol. The Morgan fingerprint density at radius 3 is 3.03 bits per heavy atom. The summed E-state index contributed by atoms with van der Waals surface area (Å²) >= 11 is 1.42. The molecule has 0 radical (unpaired) electrons. The van der Waals surface area contributed by atoms with Crippen LogP contribution in [0.25, 0.3) is 11.1 Å². The lowest BCUT2D eigenvalue weighted by Crippen LogP contribution is -2.48. The molecule has 33 heavy (non-hydrogen) atoms. The van der Waals surface area contributed by atoms with E-state index >= 15 is 0 Å². The zero-order chi connectivity index (χ0) is 23.2. The van der Waals surface area contributed by atoms with Crippen molar-refractivity contribution in [2.75, 3.05) is 31.8 Å². The zero-order valence-corrected chi connectivity index (χ0v) is 19.7. The lowest BCUT2D eigenvalue weighted by Gasteiger charge is -2.29. The smallest absolute Gasteiger partial charge is 0.263 e. The summed E-state index contributed by atoms with van der Waals surface area (Å²) in [6, 6.07) is 6.02. The maximum absolute atomic E-state index is 12.6. The Kier molecular flexibility index (Phi) is 5.59. The van der Waals surface area contributed by atoms with Crippen molar-refractivity contribution in [1.82, 2.24) is 20.1 Å². The first kappa shape index (κ1) is 21.9. The standard InChI is InChI=1S/C23H27N5O4S/c1-23(2)9-17-20(21(30)26-23)33-22(25-17)28-6-7-32-19-5-4-14(8-18(19)28)15-10-24-27(11-15)12-16(29)13-31-3/h4-5,8,10-11,16,29H,6-7,9,12-13H2,1-3H3,(H,26,30)/t16-/m1/s1. The van der Waals surface area contributed by atoms with Crippen LogP contribution in [-0.4, -0.2) is 64.3 Å². The molecule has 2 aliphatic heterocycles. The highest BCUT2D eigenvalue weighted by atomic mass is 32.1. The van der Waals surface area contributed by atoms with Crippen molar-refractivity contribution in [3.63, 3.8) is 0 Å². The molecule has 2 N–H and O–H groups in total. The molecule has 0 spiro atoms. The van der Waals surface area contributed by atoms with E-state index in [1.54, 1.807) is 18.0 Å². The van der Waals surface area contributed by atoms with Gasteiger partial charge in [0.05, 0.1) is 43.4 Å². The molecule has 5 rings (SSSR count). The number of aromatic nitrogens is 3. The van der Waals surface area contributed by atoms with Crippen LogP contribution in [0.3, 0.4) is 0 Å². The molecule has 0 fully saturated rings. The predicted octanol–water partition coefficient (Wildman–Crippen LogP) is 2.61. The van der Waals surface area contributed by atoms with Gasteiger partial charge in [-0.15, -0.1) is 0 Å². The number of amides is 1. The summed E-state index contributed by atoms with van der Waals surface area (Å²) in [5.74, 6) is 0.723. The third kappa shape index (κ3) is 4.33. The van der Waals surface area contributed by atoms with Crippen molar-refractivity contribution >= 4 is 28.1 Å². The Hall–Kier alpha value is -2.95. The van der Waals surface area contributed by atoms with Gasteiger partial charge >= 0.3 is 0 Å². The molecule has 1 amide bonds. The minimum absolute atomic E-state index is 0.0599. The first-order chi connectivity index (χ1) is 15.8. The second-order valence-electron chi connectivity index (χ2n) is 9.03. The van der Waals surface area contributed by atoms with E-state index in [1.165, 1.54) is 11.3 Å².